The predicted octanol–water partition coefficient (Wildman–Crippen LogP) is 1.68. The summed E-state index contributed by atoms with van der Waals surface area (Å²) < 4.78 is 39.8. The standard InChI is InChI=1S/C18H24FN3O3S/c1-26(24,25)18-20-10-16(12-21-8-6-14(13-23)7-9-21)22(18)11-15-4-2-3-5-17(15)19/h2-5,10,14,23H,6-9,11-13H2,1H3. The monoisotopic (exact) mass is 381 g/mol. The molecule has 3 rings (SSSR count). The Morgan fingerprint density at radius 2 is 1.92 bits per heavy atom. The van der Waals surface area contributed by atoms with Crippen LogP contribution in [0.4, 0.5) is 4.39 Å². The van der Waals surface area contributed by atoms with Crippen molar-refractivity contribution in [3.8, 4) is 0 Å². The van der Waals surface area contributed by atoms with Gasteiger partial charge < -0.3 is 9.67 Å². The van der Waals surface area contributed by atoms with Crippen molar-refractivity contribution < 1.29 is 17.9 Å². The molecular formula is C18H24FN3O3S. The average molecular weight is 381 g/mol. The van der Waals surface area contributed by atoms with Gasteiger partial charge in [0, 0.05) is 25.0 Å². The zero-order valence-electron chi connectivity index (χ0n) is 14.8. The first-order valence-corrected chi connectivity index (χ1v) is 10.6. The maximum Gasteiger partial charge on any atom is 0.227 e. The van der Waals surface area contributed by atoms with Gasteiger partial charge in [-0.05, 0) is 37.9 Å². The van der Waals surface area contributed by atoms with Crippen LogP contribution >= 0.6 is 0 Å². The first-order chi connectivity index (χ1) is 12.4. The third-order valence-electron chi connectivity index (χ3n) is 4.87. The Bertz CT molecular complexity index is 858. The molecule has 0 unspecified atom stereocenters. The van der Waals surface area contributed by atoms with Gasteiger partial charge in [-0.25, -0.2) is 17.8 Å². The van der Waals surface area contributed by atoms with Gasteiger partial charge in [0.15, 0.2) is 0 Å². The number of sulfone groups is 1. The van der Waals surface area contributed by atoms with Crippen LogP contribution in [0.5, 0.6) is 0 Å². The minimum absolute atomic E-state index is 0.0407. The molecule has 1 aliphatic rings. The summed E-state index contributed by atoms with van der Waals surface area (Å²) in [5, 5.41) is 9.22. The summed E-state index contributed by atoms with van der Waals surface area (Å²) in [5.74, 6) is -0.0310. The lowest BCUT2D eigenvalue weighted by atomic mass is 9.98. The van der Waals surface area contributed by atoms with Crippen LogP contribution in [0.3, 0.4) is 0 Å². The van der Waals surface area contributed by atoms with Crippen molar-refractivity contribution in [2.24, 2.45) is 5.92 Å². The van der Waals surface area contributed by atoms with E-state index in [0.717, 1.165) is 37.9 Å². The molecule has 1 aliphatic heterocycles. The van der Waals surface area contributed by atoms with Gasteiger partial charge in [0.2, 0.25) is 15.0 Å². The van der Waals surface area contributed by atoms with Crippen LogP contribution in [0.2, 0.25) is 0 Å². The van der Waals surface area contributed by atoms with E-state index in [1.165, 1.54) is 6.07 Å². The molecular weight excluding hydrogens is 357 g/mol. The quantitative estimate of drug-likeness (QED) is 0.824. The van der Waals surface area contributed by atoms with Crippen LogP contribution in [0.1, 0.15) is 24.1 Å². The van der Waals surface area contributed by atoms with Gasteiger partial charge in [0.05, 0.1) is 18.4 Å². The number of nitrogens with zero attached hydrogens (tertiary/aromatic N) is 3. The molecule has 2 aromatic rings. The number of hydrogen-bond donors (Lipinski definition) is 1. The van der Waals surface area contributed by atoms with E-state index in [-0.39, 0.29) is 24.1 Å². The second-order valence-corrected chi connectivity index (χ2v) is 8.79. The SMILES string of the molecule is CS(=O)(=O)c1ncc(CN2CCC(CO)CC2)n1Cc1ccccc1F. The van der Waals surface area contributed by atoms with E-state index in [0.29, 0.717) is 18.0 Å². The van der Waals surface area contributed by atoms with Crippen LogP contribution < -0.4 is 0 Å². The lowest BCUT2D eigenvalue weighted by molar-refractivity contribution is 0.125. The largest absolute Gasteiger partial charge is 0.396 e. The number of hydrogen-bond acceptors (Lipinski definition) is 5. The molecule has 2 heterocycles. The van der Waals surface area contributed by atoms with Crippen LogP contribution in [-0.2, 0) is 22.9 Å². The van der Waals surface area contributed by atoms with E-state index in [1.54, 1.807) is 29.0 Å². The maximum atomic E-state index is 14.1. The molecule has 1 N–H and O–H groups in total. The summed E-state index contributed by atoms with van der Waals surface area (Å²) in [4.78, 5) is 6.31. The Balaban J connectivity index is 1.86. The molecule has 6 nitrogen and oxygen atoms in total. The summed E-state index contributed by atoms with van der Waals surface area (Å²) in [5.41, 5.74) is 1.17. The Labute approximate surface area is 153 Å². The van der Waals surface area contributed by atoms with Crippen molar-refractivity contribution in [2.75, 3.05) is 26.0 Å². The lowest BCUT2D eigenvalue weighted by Crippen LogP contribution is -2.35. The van der Waals surface area contributed by atoms with E-state index < -0.39 is 9.84 Å². The molecule has 0 atom stereocenters. The second-order valence-electron chi connectivity index (χ2n) is 6.88. The smallest absolute Gasteiger partial charge is 0.227 e. The molecule has 1 aromatic heterocycles. The number of aromatic nitrogens is 2. The number of rotatable bonds is 6. The third kappa shape index (κ3) is 4.31. The highest BCUT2D eigenvalue weighted by atomic mass is 32.2. The molecule has 0 spiro atoms. The topological polar surface area (TPSA) is 75.4 Å². The molecule has 8 heteroatoms. The van der Waals surface area contributed by atoms with Crippen molar-refractivity contribution in [3.05, 3.63) is 47.5 Å². The first kappa shape index (κ1) is 19.0. The molecule has 0 radical (unpaired) electrons. The lowest BCUT2D eigenvalue weighted by Gasteiger charge is -2.31. The Morgan fingerprint density at radius 1 is 1.23 bits per heavy atom. The summed E-state index contributed by atoms with van der Waals surface area (Å²) in [7, 11) is -3.52. The fourth-order valence-corrected chi connectivity index (χ4v) is 4.16. The van der Waals surface area contributed by atoms with Gasteiger partial charge in [0.25, 0.3) is 0 Å². The fraction of sp³-hybridized carbons (Fsp3) is 0.500. The zero-order valence-corrected chi connectivity index (χ0v) is 15.6. The van der Waals surface area contributed by atoms with E-state index in [9.17, 15) is 17.9 Å². The highest BCUT2D eigenvalue weighted by molar-refractivity contribution is 7.90. The number of likely N-dealkylation sites (tertiary alicyclic amines) is 1. The number of aliphatic hydroxyl groups is 1. The first-order valence-electron chi connectivity index (χ1n) is 8.69. The zero-order chi connectivity index (χ0) is 18.7. The van der Waals surface area contributed by atoms with E-state index >= 15 is 0 Å². The van der Waals surface area contributed by atoms with Crippen molar-refractivity contribution in [3.63, 3.8) is 0 Å². The normalized spacial score (nSPS) is 16.9. The Morgan fingerprint density at radius 3 is 2.54 bits per heavy atom. The average Bonchev–Trinajstić information content (AvgIpc) is 3.00. The van der Waals surface area contributed by atoms with Crippen molar-refractivity contribution in [2.45, 2.75) is 31.1 Å². The predicted molar refractivity (Wildman–Crippen MR) is 95.9 cm³/mol. The van der Waals surface area contributed by atoms with Gasteiger partial charge >= 0.3 is 0 Å². The third-order valence-corrected chi connectivity index (χ3v) is 5.86. The van der Waals surface area contributed by atoms with Crippen LogP contribution in [-0.4, -0.2) is 53.9 Å². The summed E-state index contributed by atoms with van der Waals surface area (Å²) in [6.07, 6.45) is 4.51. The molecule has 1 fully saturated rings. The number of halogens is 1. The minimum atomic E-state index is -3.52. The molecule has 142 valence electrons. The maximum absolute atomic E-state index is 14.1. The van der Waals surface area contributed by atoms with Crippen molar-refractivity contribution in [1.82, 2.24) is 14.5 Å². The van der Waals surface area contributed by atoms with E-state index in [4.69, 9.17) is 0 Å². The second kappa shape index (κ2) is 7.85. The summed E-state index contributed by atoms with van der Waals surface area (Å²) in [6.45, 7) is 2.55. The molecule has 26 heavy (non-hydrogen) atoms. The highest BCUT2D eigenvalue weighted by Gasteiger charge is 2.23. The summed E-state index contributed by atoms with van der Waals surface area (Å²) in [6, 6.07) is 6.36. The molecule has 0 bridgehead atoms. The van der Waals surface area contributed by atoms with Gasteiger partial charge in [0.1, 0.15) is 5.82 Å². The van der Waals surface area contributed by atoms with Crippen LogP contribution in [0.15, 0.2) is 35.6 Å². The van der Waals surface area contributed by atoms with E-state index in [2.05, 4.69) is 9.88 Å². The molecule has 0 saturated carbocycles. The fourth-order valence-electron chi connectivity index (χ4n) is 3.34. The Kier molecular flexibility index (Phi) is 5.74. The van der Waals surface area contributed by atoms with Gasteiger partial charge in [-0.3, -0.25) is 4.90 Å². The number of benzene rings is 1. The van der Waals surface area contributed by atoms with Crippen molar-refractivity contribution in [1.29, 1.82) is 0 Å². The van der Waals surface area contributed by atoms with Crippen LogP contribution in [0.25, 0.3) is 0 Å². The van der Waals surface area contributed by atoms with Gasteiger partial charge in [-0.2, -0.15) is 0 Å². The summed E-state index contributed by atoms with van der Waals surface area (Å²) >= 11 is 0. The minimum Gasteiger partial charge on any atom is -0.396 e. The highest BCUT2D eigenvalue weighted by Crippen LogP contribution is 2.21. The van der Waals surface area contributed by atoms with E-state index in [1.807, 2.05) is 0 Å². The molecule has 0 aliphatic carbocycles. The van der Waals surface area contributed by atoms with Gasteiger partial charge in [-0.15, -0.1) is 0 Å². The molecule has 0 amide bonds. The number of piperidine rings is 1. The molecule has 1 aromatic carbocycles. The Hall–Kier alpha value is -1.77. The molecule has 1 saturated heterocycles. The van der Waals surface area contributed by atoms with Crippen molar-refractivity contribution >= 4 is 9.84 Å². The van der Waals surface area contributed by atoms with Gasteiger partial charge in [-0.1, -0.05) is 18.2 Å². The van der Waals surface area contributed by atoms with Crippen LogP contribution in [0, 0.1) is 11.7 Å². The number of imidazole rings is 1. The number of aliphatic hydroxyl groups excluding tert-OH is 1.